The Morgan fingerprint density at radius 2 is 0.862 bits per heavy atom. The molecule has 0 fully saturated rings. The lowest BCUT2D eigenvalue weighted by Crippen LogP contribution is -2.17. The second kappa shape index (κ2) is 14.4. The quantitative estimate of drug-likeness (QED) is 0.113. The van der Waals surface area contributed by atoms with Gasteiger partial charge in [-0.1, -0.05) is 165 Å². The van der Waals surface area contributed by atoms with Gasteiger partial charge in [-0.3, -0.25) is 0 Å². The van der Waals surface area contributed by atoms with Gasteiger partial charge in [-0.15, -0.1) is 0 Å². The molecule has 1 aliphatic carbocycles. The lowest BCUT2D eigenvalue weighted by molar-refractivity contribution is 0.660. The van der Waals surface area contributed by atoms with Gasteiger partial charge in [0.05, 0.1) is 5.69 Å². The van der Waals surface area contributed by atoms with Crippen LogP contribution in [0.1, 0.15) is 41.7 Å². The third-order valence-electron chi connectivity index (χ3n) is 11.9. The molecular formula is C56H44N2. The van der Waals surface area contributed by atoms with E-state index in [1.807, 2.05) is 0 Å². The van der Waals surface area contributed by atoms with E-state index in [1.165, 1.54) is 60.6 Å². The fourth-order valence-electron chi connectivity index (χ4n) is 8.85. The first kappa shape index (κ1) is 35.3. The van der Waals surface area contributed by atoms with E-state index in [-0.39, 0.29) is 5.41 Å². The predicted molar refractivity (Wildman–Crippen MR) is 248 cm³/mol. The van der Waals surface area contributed by atoms with E-state index in [0.29, 0.717) is 0 Å². The molecule has 0 aromatic heterocycles. The summed E-state index contributed by atoms with van der Waals surface area (Å²) in [6.45, 7) is 6.90. The van der Waals surface area contributed by atoms with Crippen LogP contribution in [0.4, 0.5) is 34.1 Å². The van der Waals surface area contributed by atoms with E-state index < -0.39 is 0 Å². The predicted octanol–water partition coefficient (Wildman–Crippen LogP) is 15.7. The average molecular weight is 745 g/mol. The van der Waals surface area contributed by atoms with E-state index in [4.69, 9.17) is 0 Å². The summed E-state index contributed by atoms with van der Waals surface area (Å²) in [5.41, 5.74) is 15.6. The molecule has 2 heteroatoms. The molecule has 1 aliphatic rings. The molecule has 0 spiro atoms. The number of anilines is 6. The summed E-state index contributed by atoms with van der Waals surface area (Å²) in [5, 5.41) is 5.01. The largest absolute Gasteiger partial charge is 0.311 e. The zero-order valence-electron chi connectivity index (χ0n) is 33.1. The van der Waals surface area contributed by atoms with Crippen LogP contribution in [-0.4, -0.2) is 0 Å². The van der Waals surface area contributed by atoms with Gasteiger partial charge in [0.25, 0.3) is 0 Å². The van der Waals surface area contributed by atoms with Crippen molar-refractivity contribution in [2.24, 2.45) is 0 Å². The van der Waals surface area contributed by atoms with Crippen LogP contribution in [0.25, 0.3) is 44.8 Å². The topological polar surface area (TPSA) is 6.48 Å². The second-order valence-corrected chi connectivity index (χ2v) is 15.9. The monoisotopic (exact) mass is 744 g/mol. The number of hydrogen-bond acceptors (Lipinski definition) is 2. The summed E-state index contributed by atoms with van der Waals surface area (Å²) in [5.74, 6) is 0. The molecule has 58 heavy (non-hydrogen) atoms. The first-order valence-corrected chi connectivity index (χ1v) is 20.2. The number of aryl methyl sites for hydroxylation is 1. The molecule has 0 saturated heterocycles. The van der Waals surface area contributed by atoms with Gasteiger partial charge in [0, 0.05) is 39.2 Å². The molecule has 0 N–H and O–H groups in total. The number of para-hydroxylation sites is 2. The van der Waals surface area contributed by atoms with Crippen LogP contribution in [0, 0.1) is 6.92 Å². The first-order chi connectivity index (χ1) is 28.4. The molecule has 0 amide bonds. The molecule has 10 rings (SSSR count). The molecule has 2 nitrogen and oxygen atoms in total. The maximum atomic E-state index is 2.45. The lowest BCUT2D eigenvalue weighted by atomic mass is 9.81. The fourth-order valence-corrected chi connectivity index (χ4v) is 8.85. The maximum absolute atomic E-state index is 2.45. The van der Waals surface area contributed by atoms with Crippen molar-refractivity contribution >= 4 is 67.8 Å². The van der Waals surface area contributed by atoms with E-state index in [0.717, 1.165) is 34.0 Å². The Morgan fingerprint density at radius 3 is 1.55 bits per heavy atom. The van der Waals surface area contributed by atoms with Crippen LogP contribution in [0.5, 0.6) is 0 Å². The molecular weight excluding hydrogens is 701 g/mol. The van der Waals surface area contributed by atoms with Crippen LogP contribution < -0.4 is 9.80 Å². The normalized spacial score (nSPS) is 12.8. The lowest BCUT2D eigenvalue weighted by Gasteiger charge is -2.29. The Bertz CT molecular complexity index is 2920. The van der Waals surface area contributed by atoms with Gasteiger partial charge in [-0.2, -0.15) is 0 Å². The van der Waals surface area contributed by atoms with Crippen molar-refractivity contribution in [3.63, 3.8) is 0 Å². The molecule has 0 aliphatic heterocycles. The number of rotatable bonds is 8. The third kappa shape index (κ3) is 6.24. The van der Waals surface area contributed by atoms with Crippen molar-refractivity contribution in [2.75, 3.05) is 9.80 Å². The van der Waals surface area contributed by atoms with E-state index in [1.54, 1.807) is 0 Å². The van der Waals surface area contributed by atoms with Gasteiger partial charge < -0.3 is 9.80 Å². The summed E-state index contributed by atoms with van der Waals surface area (Å²) in [6.07, 6.45) is 4.47. The molecule has 0 saturated carbocycles. The minimum absolute atomic E-state index is 0.186. The molecule has 9 aromatic rings. The molecule has 0 bridgehead atoms. The molecule has 0 heterocycles. The third-order valence-corrected chi connectivity index (χ3v) is 11.9. The van der Waals surface area contributed by atoms with Crippen molar-refractivity contribution in [2.45, 2.75) is 26.2 Å². The number of hydrogen-bond donors (Lipinski definition) is 0. The zero-order chi connectivity index (χ0) is 39.2. The molecule has 0 unspecified atom stereocenters. The second-order valence-electron chi connectivity index (χ2n) is 15.9. The Morgan fingerprint density at radius 1 is 0.379 bits per heavy atom. The van der Waals surface area contributed by atoms with E-state index >= 15 is 0 Å². The van der Waals surface area contributed by atoms with Gasteiger partial charge in [0.1, 0.15) is 0 Å². The van der Waals surface area contributed by atoms with E-state index in [2.05, 4.69) is 243 Å². The standard InChI is InChI=1S/C56H44N2/c1-39-22-29-46(30-23-39)58(55-37-42-14-10-11-19-48(42)49-20-12-13-21-52(49)55)47-33-35-51-50-34-28-41(36-53(50)56(2,3)54(51)38-47)25-24-40-26-31-45(32-27-40)57(43-15-6-4-7-16-43)44-17-8-5-9-18-44/h4-38H,1-3H3. The summed E-state index contributed by atoms with van der Waals surface area (Å²) < 4.78 is 0. The highest BCUT2D eigenvalue weighted by Gasteiger charge is 2.36. The number of nitrogens with zero attached hydrogens (tertiary/aromatic N) is 2. The van der Waals surface area contributed by atoms with Crippen LogP contribution in [0.3, 0.4) is 0 Å². The highest BCUT2D eigenvalue weighted by molar-refractivity contribution is 6.14. The van der Waals surface area contributed by atoms with Crippen LogP contribution >= 0.6 is 0 Å². The van der Waals surface area contributed by atoms with Crippen molar-refractivity contribution in [1.82, 2.24) is 0 Å². The van der Waals surface area contributed by atoms with Gasteiger partial charge in [-0.05, 0) is 123 Å². The highest BCUT2D eigenvalue weighted by atomic mass is 15.1. The van der Waals surface area contributed by atoms with Crippen LogP contribution in [-0.2, 0) is 5.41 Å². The number of fused-ring (bicyclic) bond motifs is 6. The van der Waals surface area contributed by atoms with Gasteiger partial charge >= 0.3 is 0 Å². The highest BCUT2D eigenvalue weighted by Crippen LogP contribution is 2.52. The van der Waals surface area contributed by atoms with Crippen molar-refractivity contribution < 1.29 is 0 Å². The van der Waals surface area contributed by atoms with Gasteiger partial charge in [0.15, 0.2) is 0 Å². The maximum Gasteiger partial charge on any atom is 0.0546 e. The minimum Gasteiger partial charge on any atom is -0.311 e. The summed E-state index contributed by atoms with van der Waals surface area (Å²) in [7, 11) is 0. The SMILES string of the molecule is Cc1ccc(N(c2ccc3c(c2)C(C)(C)c2cc(C=Cc4ccc(N(c5ccccc5)c5ccccc5)cc4)ccc2-3)c2cc3ccccc3c3ccccc23)cc1. The summed E-state index contributed by atoms with van der Waals surface area (Å²) in [4.78, 5) is 4.75. The van der Waals surface area contributed by atoms with Gasteiger partial charge in [0.2, 0.25) is 0 Å². The Balaban J connectivity index is 0.986. The first-order valence-electron chi connectivity index (χ1n) is 20.2. The summed E-state index contributed by atoms with van der Waals surface area (Å²) in [6, 6.07) is 72.8. The van der Waals surface area contributed by atoms with Gasteiger partial charge in [-0.25, -0.2) is 0 Å². The van der Waals surface area contributed by atoms with Crippen molar-refractivity contribution in [1.29, 1.82) is 0 Å². The fraction of sp³-hybridized carbons (Fsp3) is 0.0714. The average Bonchev–Trinajstić information content (AvgIpc) is 3.49. The summed E-state index contributed by atoms with van der Waals surface area (Å²) >= 11 is 0. The minimum atomic E-state index is -0.186. The molecule has 0 atom stereocenters. The Hall–Kier alpha value is -7.16. The Kier molecular flexibility index (Phi) is 8.76. The van der Waals surface area contributed by atoms with Crippen molar-refractivity contribution in [3.05, 3.63) is 228 Å². The van der Waals surface area contributed by atoms with E-state index in [9.17, 15) is 0 Å². The molecule has 278 valence electrons. The smallest absolute Gasteiger partial charge is 0.0546 e. The molecule has 9 aromatic carbocycles. The number of benzene rings is 9. The van der Waals surface area contributed by atoms with Crippen LogP contribution in [0.15, 0.2) is 200 Å². The van der Waals surface area contributed by atoms with Crippen molar-refractivity contribution in [3.8, 4) is 11.1 Å². The zero-order valence-corrected chi connectivity index (χ0v) is 33.1. The molecule has 0 radical (unpaired) electrons. The Labute approximate surface area is 341 Å². The van der Waals surface area contributed by atoms with Crippen LogP contribution in [0.2, 0.25) is 0 Å².